The summed E-state index contributed by atoms with van der Waals surface area (Å²) in [5.41, 5.74) is 9.55. The monoisotopic (exact) mass is 498 g/mol. The lowest BCUT2D eigenvalue weighted by Gasteiger charge is -2.29. The molecule has 3 aromatic carbocycles. The van der Waals surface area contributed by atoms with Crippen molar-refractivity contribution in [2.45, 2.75) is 103 Å². The van der Waals surface area contributed by atoms with Gasteiger partial charge in [0.25, 0.3) is 0 Å². The van der Waals surface area contributed by atoms with Crippen molar-refractivity contribution in [3.63, 3.8) is 0 Å². The summed E-state index contributed by atoms with van der Waals surface area (Å²) in [4.78, 5) is 0. The lowest BCUT2D eigenvalue weighted by atomic mass is 9.75. The highest BCUT2D eigenvalue weighted by Gasteiger charge is 2.27. The molecule has 0 amide bonds. The smallest absolute Gasteiger partial charge is 0.157 e. The zero-order valence-electron chi connectivity index (χ0n) is 22.7. The van der Waals surface area contributed by atoms with Crippen LogP contribution < -0.4 is 0 Å². The largest absolute Gasteiger partial charge is 0.508 e. The van der Waals surface area contributed by atoms with E-state index >= 15 is 0 Å². The van der Waals surface area contributed by atoms with Crippen molar-refractivity contribution in [1.29, 1.82) is 0 Å². The third-order valence-corrected chi connectivity index (χ3v) is 9.11. The van der Waals surface area contributed by atoms with Crippen LogP contribution in [0.4, 0.5) is 0 Å². The van der Waals surface area contributed by atoms with E-state index in [1.54, 1.807) is 12.1 Å². The number of hydrogen-bond donors (Lipinski definition) is 3. The predicted molar refractivity (Wildman–Crippen MR) is 151 cm³/mol. The molecule has 2 aliphatic carbocycles. The summed E-state index contributed by atoms with van der Waals surface area (Å²) >= 11 is 0. The molecule has 2 fully saturated rings. The number of rotatable bonds is 5. The fourth-order valence-corrected chi connectivity index (χ4v) is 7.08. The fraction of sp³-hybridized carbons (Fsp3) is 0.471. The van der Waals surface area contributed by atoms with Crippen LogP contribution in [0.1, 0.15) is 126 Å². The van der Waals surface area contributed by atoms with E-state index in [1.165, 1.54) is 79.2 Å². The predicted octanol–water partition coefficient (Wildman–Crippen LogP) is 9.00. The first kappa shape index (κ1) is 25.7. The second-order valence-corrected chi connectivity index (χ2v) is 11.7. The molecule has 1 atom stereocenters. The van der Waals surface area contributed by atoms with Crippen LogP contribution >= 0.6 is 0 Å². The van der Waals surface area contributed by atoms with Crippen LogP contribution in [-0.2, 0) is 0 Å². The van der Waals surface area contributed by atoms with Gasteiger partial charge in [-0.05, 0) is 121 Å². The standard InChI is InChI=1S/C34H42O3/c1-21-16-22(2)28(19-27(21)24-10-6-4-7-11-24)34(26-14-15-31(35)33(37)18-26)29-20-30(32(36)17-23(29)3)25-12-8-5-9-13-25/h14-20,24-25,34-37H,4-13H2,1-3H3. The van der Waals surface area contributed by atoms with Crippen LogP contribution in [0.5, 0.6) is 17.2 Å². The van der Waals surface area contributed by atoms with Crippen molar-refractivity contribution in [3.8, 4) is 17.2 Å². The second-order valence-electron chi connectivity index (χ2n) is 11.7. The highest BCUT2D eigenvalue weighted by Crippen LogP contribution is 2.45. The van der Waals surface area contributed by atoms with Gasteiger partial charge in [-0.2, -0.15) is 0 Å². The van der Waals surface area contributed by atoms with Gasteiger partial charge in [0.1, 0.15) is 5.75 Å². The summed E-state index contributed by atoms with van der Waals surface area (Å²) in [6.45, 7) is 6.52. The van der Waals surface area contributed by atoms with E-state index in [1.807, 2.05) is 12.1 Å². The summed E-state index contributed by atoms with van der Waals surface area (Å²) in [5.74, 6) is 1.10. The normalized spacial score (nSPS) is 18.1. The summed E-state index contributed by atoms with van der Waals surface area (Å²) in [6, 6.07) is 14.2. The Balaban J connectivity index is 1.70. The van der Waals surface area contributed by atoms with Gasteiger partial charge < -0.3 is 15.3 Å². The maximum Gasteiger partial charge on any atom is 0.157 e. The lowest BCUT2D eigenvalue weighted by molar-refractivity contribution is 0.403. The molecule has 1 unspecified atom stereocenters. The molecule has 37 heavy (non-hydrogen) atoms. The van der Waals surface area contributed by atoms with Crippen molar-refractivity contribution in [3.05, 3.63) is 87.0 Å². The highest BCUT2D eigenvalue weighted by molar-refractivity contribution is 5.56. The molecule has 5 rings (SSSR count). The van der Waals surface area contributed by atoms with Gasteiger partial charge in [0, 0.05) is 5.92 Å². The third-order valence-electron chi connectivity index (χ3n) is 9.11. The average Bonchev–Trinajstić information content (AvgIpc) is 2.89. The first-order chi connectivity index (χ1) is 17.8. The van der Waals surface area contributed by atoms with Crippen LogP contribution in [0.3, 0.4) is 0 Å². The van der Waals surface area contributed by atoms with E-state index in [9.17, 15) is 15.3 Å². The molecule has 0 bridgehead atoms. The minimum absolute atomic E-state index is 0.0938. The minimum atomic E-state index is -0.101. The Labute approximate surface area is 222 Å². The summed E-state index contributed by atoms with van der Waals surface area (Å²) in [6.07, 6.45) is 12.4. The summed E-state index contributed by atoms with van der Waals surface area (Å²) in [5, 5.41) is 31.6. The SMILES string of the molecule is Cc1cc(C)c(C(c2ccc(O)c(O)c2)c2cc(C3CCCCC3)c(O)cc2C)cc1C1CCCCC1. The first-order valence-electron chi connectivity index (χ1n) is 14.3. The fourth-order valence-electron chi connectivity index (χ4n) is 7.08. The van der Waals surface area contributed by atoms with Gasteiger partial charge in [-0.25, -0.2) is 0 Å². The first-order valence-corrected chi connectivity index (χ1v) is 14.3. The maximum absolute atomic E-state index is 11.0. The number of aromatic hydroxyl groups is 3. The average molecular weight is 499 g/mol. The number of benzene rings is 3. The zero-order chi connectivity index (χ0) is 26.1. The Bertz CT molecular complexity index is 1190. The Morgan fingerprint density at radius 1 is 0.541 bits per heavy atom. The summed E-state index contributed by atoms with van der Waals surface area (Å²) < 4.78 is 0. The zero-order valence-corrected chi connectivity index (χ0v) is 22.7. The molecule has 0 radical (unpaired) electrons. The quantitative estimate of drug-likeness (QED) is 0.243. The van der Waals surface area contributed by atoms with Crippen molar-refractivity contribution >= 4 is 0 Å². The number of phenols is 3. The van der Waals surface area contributed by atoms with E-state index in [2.05, 4.69) is 39.0 Å². The molecule has 196 valence electrons. The molecule has 3 heteroatoms. The second kappa shape index (κ2) is 10.8. The van der Waals surface area contributed by atoms with E-state index in [0.717, 1.165) is 29.5 Å². The van der Waals surface area contributed by atoms with Crippen LogP contribution in [-0.4, -0.2) is 15.3 Å². The molecular weight excluding hydrogens is 456 g/mol. The van der Waals surface area contributed by atoms with Crippen LogP contribution in [0, 0.1) is 20.8 Å². The number of phenolic OH excluding ortho intramolecular Hbond substituents is 3. The van der Waals surface area contributed by atoms with Gasteiger partial charge in [-0.15, -0.1) is 0 Å². The lowest BCUT2D eigenvalue weighted by Crippen LogP contribution is -2.13. The molecule has 2 aliphatic rings. The van der Waals surface area contributed by atoms with Crippen LogP contribution in [0.25, 0.3) is 0 Å². The molecule has 0 heterocycles. The van der Waals surface area contributed by atoms with E-state index in [4.69, 9.17) is 0 Å². The number of hydrogen-bond acceptors (Lipinski definition) is 3. The molecule has 0 aromatic heterocycles. The van der Waals surface area contributed by atoms with Crippen molar-refractivity contribution in [1.82, 2.24) is 0 Å². The molecule has 0 spiro atoms. The maximum atomic E-state index is 11.0. The van der Waals surface area contributed by atoms with Gasteiger partial charge in [-0.3, -0.25) is 0 Å². The molecular formula is C34H42O3. The Morgan fingerprint density at radius 2 is 1.08 bits per heavy atom. The molecule has 3 aromatic rings. The molecule has 3 N–H and O–H groups in total. The van der Waals surface area contributed by atoms with E-state index in [-0.39, 0.29) is 17.4 Å². The van der Waals surface area contributed by atoms with Crippen molar-refractivity contribution < 1.29 is 15.3 Å². The Morgan fingerprint density at radius 3 is 1.68 bits per heavy atom. The number of aryl methyl sites for hydroxylation is 3. The van der Waals surface area contributed by atoms with Gasteiger partial charge >= 0.3 is 0 Å². The van der Waals surface area contributed by atoms with Crippen LogP contribution in [0.2, 0.25) is 0 Å². The van der Waals surface area contributed by atoms with Gasteiger partial charge in [-0.1, -0.05) is 62.8 Å². The van der Waals surface area contributed by atoms with Crippen molar-refractivity contribution in [2.24, 2.45) is 0 Å². The van der Waals surface area contributed by atoms with E-state index < -0.39 is 0 Å². The van der Waals surface area contributed by atoms with Gasteiger partial charge in [0.2, 0.25) is 0 Å². The topological polar surface area (TPSA) is 60.7 Å². The summed E-state index contributed by atoms with van der Waals surface area (Å²) in [7, 11) is 0. The van der Waals surface area contributed by atoms with Gasteiger partial charge in [0.05, 0.1) is 0 Å². The molecule has 0 aliphatic heterocycles. The molecule has 3 nitrogen and oxygen atoms in total. The van der Waals surface area contributed by atoms with Crippen molar-refractivity contribution in [2.75, 3.05) is 0 Å². The van der Waals surface area contributed by atoms with Gasteiger partial charge in [0.15, 0.2) is 11.5 Å². The molecule has 2 saturated carbocycles. The van der Waals surface area contributed by atoms with Crippen LogP contribution in [0.15, 0.2) is 42.5 Å². The minimum Gasteiger partial charge on any atom is -0.508 e. The highest BCUT2D eigenvalue weighted by atomic mass is 16.3. The molecule has 0 saturated heterocycles. The third kappa shape index (κ3) is 5.23. The Kier molecular flexibility index (Phi) is 7.51. The van der Waals surface area contributed by atoms with E-state index in [0.29, 0.717) is 17.6 Å². The Hall–Kier alpha value is -2.94.